The molecule has 1 aliphatic carbocycles. The Kier molecular flexibility index (Phi) is 3.87. The van der Waals surface area contributed by atoms with E-state index in [4.69, 9.17) is 15.2 Å². The van der Waals surface area contributed by atoms with Crippen molar-refractivity contribution >= 4 is 5.97 Å². The molecule has 98 valence electrons. The highest BCUT2D eigenvalue weighted by molar-refractivity contribution is 5.71. The first-order valence-corrected chi connectivity index (χ1v) is 6.24. The number of nitrogens with two attached hydrogens (primary N) is 1. The molecule has 0 saturated carbocycles. The van der Waals surface area contributed by atoms with E-state index in [2.05, 4.69) is 0 Å². The summed E-state index contributed by atoms with van der Waals surface area (Å²) < 4.78 is 10.3. The van der Waals surface area contributed by atoms with Crippen molar-refractivity contribution in [2.24, 2.45) is 5.73 Å². The highest BCUT2D eigenvalue weighted by Crippen LogP contribution is 2.39. The van der Waals surface area contributed by atoms with Gasteiger partial charge in [0, 0.05) is 12.0 Å². The molecule has 1 aliphatic rings. The molecule has 2 N–H and O–H groups in total. The summed E-state index contributed by atoms with van der Waals surface area (Å²) in [5.41, 5.74) is 8.38. The third kappa shape index (κ3) is 2.34. The summed E-state index contributed by atoms with van der Waals surface area (Å²) in [6.45, 7) is 2.22. The molecule has 0 spiro atoms. The third-order valence-corrected chi connectivity index (χ3v) is 3.44. The first-order valence-electron chi connectivity index (χ1n) is 6.24. The largest absolute Gasteiger partial charge is 0.496 e. The van der Waals surface area contributed by atoms with Crippen molar-refractivity contribution in [1.82, 2.24) is 0 Å². The van der Waals surface area contributed by atoms with Gasteiger partial charge in [-0.1, -0.05) is 12.1 Å². The number of ether oxygens (including phenoxy) is 2. The predicted octanol–water partition coefficient (Wildman–Crippen LogP) is 1.62. The molecular weight excluding hydrogens is 230 g/mol. The van der Waals surface area contributed by atoms with Crippen LogP contribution in [0.3, 0.4) is 0 Å². The normalized spacial score (nSPS) is 21.5. The van der Waals surface area contributed by atoms with Gasteiger partial charge in [-0.3, -0.25) is 4.79 Å². The predicted molar refractivity (Wildman–Crippen MR) is 68.7 cm³/mol. The van der Waals surface area contributed by atoms with Crippen LogP contribution in [0, 0.1) is 0 Å². The summed E-state index contributed by atoms with van der Waals surface area (Å²) in [7, 11) is 1.65. The van der Waals surface area contributed by atoms with Crippen molar-refractivity contribution in [3.63, 3.8) is 0 Å². The first kappa shape index (κ1) is 12.9. The van der Waals surface area contributed by atoms with Gasteiger partial charge in [0.2, 0.25) is 0 Å². The smallest absolute Gasteiger partial charge is 0.306 e. The zero-order chi connectivity index (χ0) is 13.1. The van der Waals surface area contributed by atoms with Crippen molar-refractivity contribution in [2.75, 3.05) is 13.7 Å². The van der Waals surface area contributed by atoms with Crippen LogP contribution < -0.4 is 10.5 Å². The number of fused-ring (bicyclic) bond motifs is 1. The number of hydrogen-bond acceptors (Lipinski definition) is 4. The van der Waals surface area contributed by atoms with Gasteiger partial charge in [-0.25, -0.2) is 0 Å². The summed E-state index contributed by atoms with van der Waals surface area (Å²) in [6.07, 6.45) is 1.10. The molecule has 0 fully saturated rings. The number of esters is 1. The standard InChI is InChI=1S/C14H19NO3/c1-3-18-14(16)8-10-9-5-4-6-13(17-2)11(9)7-12(10)15/h4-6,10,12H,3,7-8,15H2,1-2H3. The molecule has 0 bridgehead atoms. The quantitative estimate of drug-likeness (QED) is 0.824. The Balaban J connectivity index is 2.22. The molecule has 4 heteroatoms. The second-order valence-electron chi connectivity index (χ2n) is 4.51. The Morgan fingerprint density at radius 3 is 2.94 bits per heavy atom. The average Bonchev–Trinajstić information content (AvgIpc) is 2.66. The molecule has 0 amide bonds. The van der Waals surface area contributed by atoms with E-state index < -0.39 is 0 Å². The van der Waals surface area contributed by atoms with E-state index in [-0.39, 0.29) is 17.9 Å². The van der Waals surface area contributed by atoms with Crippen molar-refractivity contribution in [2.45, 2.75) is 31.7 Å². The van der Waals surface area contributed by atoms with Gasteiger partial charge in [-0.15, -0.1) is 0 Å². The minimum Gasteiger partial charge on any atom is -0.496 e. The van der Waals surface area contributed by atoms with Gasteiger partial charge in [-0.05, 0) is 30.5 Å². The first-order chi connectivity index (χ1) is 8.67. The number of carbonyl (C=O) groups is 1. The monoisotopic (exact) mass is 249 g/mol. The fourth-order valence-electron chi connectivity index (χ4n) is 2.61. The van der Waals surface area contributed by atoms with E-state index in [1.54, 1.807) is 7.11 Å². The molecule has 0 saturated heterocycles. The van der Waals surface area contributed by atoms with E-state index in [0.717, 1.165) is 23.3 Å². The Morgan fingerprint density at radius 2 is 2.28 bits per heavy atom. The maximum atomic E-state index is 11.6. The van der Waals surface area contributed by atoms with Gasteiger partial charge in [0.25, 0.3) is 0 Å². The summed E-state index contributed by atoms with van der Waals surface area (Å²) in [6, 6.07) is 5.85. The van der Waals surface area contributed by atoms with Crippen LogP contribution in [-0.4, -0.2) is 25.7 Å². The number of rotatable bonds is 4. The molecule has 2 unspecified atom stereocenters. The van der Waals surface area contributed by atoms with Crippen molar-refractivity contribution in [3.05, 3.63) is 29.3 Å². The lowest BCUT2D eigenvalue weighted by molar-refractivity contribution is -0.143. The Labute approximate surface area is 107 Å². The van der Waals surface area contributed by atoms with Gasteiger partial charge in [0.1, 0.15) is 5.75 Å². The van der Waals surface area contributed by atoms with Crippen LogP contribution in [0.2, 0.25) is 0 Å². The molecule has 0 aliphatic heterocycles. The number of carbonyl (C=O) groups excluding carboxylic acids is 1. The van der Waals surface area contributed by atoms with Gasteiger partial charge in [0.15, 0.2) is 0 Å². The molecule has 0 radical (unpaired) electrons. The molecule has 2 rings (SSSR count). The summed E-state index contributed by atoms with van der Waals surface area (Å²) in [4.78, 5) is 11.6. The van der Waals surface area contributed by atoms with E-state index in [1.165, 1.54) is 0 Å². The molecule has 1 aromatic carbocycles. The summed E-state index contributed by atoms with van der Waals surface area (Å²) in [5.74, 6) is 0.706. The van der Waals surface area contributed by atoms with Crippen LogP contribution >= 0.6 is 0 Å². The van der Waals surface area contributed by atoms with Gasteiger partial charge < -0.3 is 15.2 Å². The molecule has 1 aromatic rings. The van der Waals surface area contributed by atoms with Crippen LogP contribution in [0.25, 0.3) is 0 Å². The fourth-order valence-corrected chi connectivity index (χ4v) is 2.61. The minimum atomic E-state index is -0.186. The van der Waals surface area contributed by atoms with E-state index >= 15 is 0 Å². The van der Waals surface area contributed by atoms with Crippen LogP contribution in [0.4, 0.5) is 0 Å². The number of benzene rings is 1. The second kappa shape index (κ2) is 5.40. The molecular formula is C14H19NO3. The fraction of sp³-hybridized carbons (Fsp3) is 0.500. The number of hydrogen-bond donors (Lipinski definition) is 1. The summed E-state index contributed by atoms with van der Waals surface area (Å²) in [5, 5.41) is 0. The number of methoxy groups -OCH3 is 1. The SMILES string of the molecule is CCOC(=O)CC1c2cccc(OC)c2CC1N. The zero-order valence-electron chi connectivity index (χ0n) is 10.8. The highest BCUT2D eigenvalue weighted by Gasteiger charge is 2.33. The molecule has 2 atom stereocenters. The molecule has 0 heterocycles. The lowest BCUT2D eigenvalue weighted by atomic mass is 9.95. The van der Waals surface area contributed by atoms with Gasteiger partial charge >= 0.3 is 5.97 Å². The Bertz CT molecular complexity index is 445. The minimum absolute atomic E-state index is 0.0362. The van der Waals surface area contributed by atoms with E-state index in [1.807, 2.05) is 25.1 Å². The van der Waals surface area contributed by atoms with E-state index in [9.17, 15) is 4.79 Å². The Morgan fingerprint density at radius 1 is 1.50 bits per heavy atom. The van der Waals surface area contributed by atoms with Crippen LogP contribution in [0.5, 0.6) is 5.75 Å². The second-order valence-corrected chi connectivity index (χ2v) is 4.51. The Hall–Kier alpha value is -1.55. The average molecular weight is 249 g/mol. The van der Waals surface area contributed by atoms with E-state index in [0.29, 0.717) is 13.0 Å². The van der Waals surface area contributed by atoms with Crippen molar-refractivity contribution in [3.8, 4) is 5.75 Å². The van der Waals surface area contributed by atoms with Gasteiger partial charge in [-0.2, -0.15) is 0 Å². The topological polar surface area (TPSA) is 61.5 Å². The zero-order valence-corrected chi connectivity index (χ0v) is 10.8. The maximum Gasteiger partial charge on any atom is 0.306 e. The van der Waals surface area contributed by atoms with Crippen molar-refractivity contribution < 1.29 is 14.3 Å². The van der Waals surface area contributed by atoms with Crippen LogP contribution in [0.15, 0.2) is 18.2 Å². The lowest BCUT2D eigenvalue weighted by Crippen LogP contribution is -2.27. The summed E-state index contributed by atoms with van der Waals surface area (Å²) >= 11 is 0. The molecule has 18 heavy (non-hydrogen) atoms. The van der Waals surface area contributed by atoms with Crippen molar-refractivity contribution in [1.29, 1.82) is 0 Å². The molecule has 0 aromatic heterocycles. The lowest BCUT2D eigenvalue weighted by Gasteiger charge is -2.15. The van der Waals surface area contributed by atoms with Gasteiger partial charge in [0.05, 0.1) is 20.1 Å². The maximum absolute atomic E-state index is 11.6. The third-order valence-electron chi connectivity index (χ3n) is 3.44. The van der Waals surface area contributed by atoms with Crippen LogP contribution in [-0.2, 0) is 16.0 Å². The van der Waals surface area contributed by atoms with Crippen LogP contribution in [0.1, 0.15) is 30.4 Å². The molecule has 4 nitrogen and oxygen atoms in total. The highest BCUT2D eigenvalue weighted by atomic mass is 16.5.